The Kier molecular flexibility index (Phi) is 4.16. The Morgan fingerprint density at radius 1 is 1.50 bits per heavy atom. The van der Waals surface area contributed by atoms with Crippen LogP contribution in [0.5, 0.6) is 0 Å². The van der Waals surface area contributed by atoms with Crippen molar-refractivity contribution in [1.82, 2.24) is 24.6 Å². The minimum atomic E-state index is -0.269. The highest BCUT2D eigenvalue weighted by Gasteiger charge is 2.20. The number of aromatic nitrogens is 4. The standard InChI is InChI=1S/C13H19N5O2/c1-9(18-8-6-14-10(18)2)13(19)17(4)7-5-12-15-11(3)20-16-12/h6,8-9H,5,7H2,1-4H3. The Morgan fingerprint density at radius 2 is 2.25 bits per heavy atom. The molecule has 1 atom stereocenters. The van der Waals surface area contributed by atoms with Gasteiger partial charge >= 0.3 is 0 Å². The second kappa shape index (κ2) is 5.85. The summed E-state index contributed by atoms with van der Waals surface area (Å²) in [4.78, 5) is 22.3. The third-order valence-corrected chi connectivity index (χ3v) is 3.25. The SMILES string of the molecule is Cc1nc(CCN(C)C(=O)C(C)n2ccnc2C)no1. The van der Waals surface area contributed by atoms with E-state index in [0.717, 1.165) is 5.82 Å². The van der Waals surface area contributed by atoms with Crippen LogP contribution in [-0.4, -0.2) is 44.1 Å². The number of imidazole rings is 1. The molecule has 0 aliphatic heterocycles. The number of rotatable bonds is 5. The van der Waals surface area contributed by atoms with E-state index < -0.39 is 0 Å². The van der Waals surface area contributed by atoms with Crippen LogP contribution in [0.1, 0.15) is 30.5 Å². The second-order valence-electron chi connectivity index (χ2n) is 4.80. The monoisotopic (exact) mass is 277 g/mol. The smallest absolute Gasteiger partial charge is 0.245 e. The van der Waals surface area contributed by atoms with E-state index in [1.54, 1.807) is 25.1 Å². The molecule has 2 heterocycles. The van der Waals surface area contributed by atoms with Gasteiger partial charge in [0, 0.05) is 39.3 Å². The second-order valence-corrected chi connectivity index (χ2v) is 4.80. The van der Waals surface area contributed by atoms with Crippen molar-refractivity contribution in [1.29, 1.82) is 0 Å². The van der Waals surface area contributed by atoms with Gasteiger partial charge < -0.3 is 14.0 Å². The summed E-state index contributed by atoms with van der Waals surface area (Å²) >= 11 is 0. The quantitative estimate of drug-likeness (QED) is 0.819. The summed E-state index contributed by atoms with van der Waals surface area (Å²) in [6.07, 6.45) is 4.09. The summed E-state index contributed by atoms with van der Waals surface area (Å²) in [7, 11) is 1.78. The lowest BCUT2D eigenvalue weighted by molar-refractivity contribution is -0.133. The van der Waals surface area contributed by atoms with Crippen molar-refractivity contribution in [2.75, 3.05) is 13.6 Å². The van der Waals surface area contributed by atoms with Crippen molar-refractivity contribution in [3.63, 3.8) is 0 Å². The molecule has 0 aliphatic rings. The van der Waals surface area contributed by atoms with Gasteiger partial charge in [-0.15, -0.1) is 0 Å². The van der Waals surface area contributed by atoms with Crippen molar-refractivity contribution in [3.8, 4) is 0 Å². The molecule has 0 bridgehead atoms. The van der Waals surface area contributed by atoms with Gasteiger partial charge in [-0.3, -0.25) is 4.79 Å². The first-order chi connectivity index (χ1) is 9.49. The van der Waals surface area contributed by atoms with Gasteiger partial charge in [0.1, 0.15) is 11.9 Å². The molecule has 0 saturated carbocycles. The molecule has 108 valence electrons. The van der Waals surface area contributed by atoms with E-state index in [0.29, 0.717) is 24.7 Å². The maximum atomic E-state index is 12.3. The Hall–Kier alpha value is -2.18. The minimum absolute atomic E-state index is 0.0336. The molecule has 2 aromatic rings. The summed E-state index contributed by atoms with van der Waals surface area (Å²) in [6, 6.07) is -0.269. The Balaban J connectivity index is 1.93. The van der Waals surface area contributed by atoms with Crippen LogP contribution in [0.4, 0.5) is 0 Å². The van der Waals surface area contributed by atoms with Crippen molar-refractivity contribution in [2.24, 2.45) is 0 Å². The predicted molar refractivity (Wildman–Crippen MR) is 72.1 cm³/mol. The summed E-state index contributed by atoms with van der Waals surface area (Å²) in [5.41, 5.74) is 0. The maximum Gasteiger partial charge on any atom is 0.245 e. The molecule has 0 N–H and O–H groups in total. The predicted octanol–water partition coefficient (Wildman–Crippen LogP) is 1.15. The minimum Gasteiger partial charge on any atom is -0.344 e. The molecule has 0 fully saturated rings. The first-order valence-electron chi connectivity index (χ1n) is 6.52. The molecule has 0 saturated heterocycles. The Bertz CT molecular complexity index is 589. The molecule has 0 spiro atoms. The van der Waals surface area contributed by atoms with Crippen LogP contribution in [0.2, 0.25) is 0 Å². The fraction of sp³-hybridized carbons (Fsp3) is 0.538. The topological polar surface area (TPSA) is 77.1 Å². The van der Waals surface area contributed by atoms with Gasteiger partial charge in [0.05, 0.1) is 0 Å². The van der Waals surface area contributed by atoms with Crippen LogP contribution in [0.25, 0.3) is 0 Å². The largest absolute Gasteiger partial charge is 0.344 e. The molecule has 2 rings (SSSR count). The molecule has 0 aliphatic carbocycles. The van der Waals surface area contributed by atoms with E-state index in [1.807, 2.05) is 24.6 Å². The van der Waals surface area contributed by atoms with Gasteiger partial charge in [-0.05, 0) is 13.8 Å². The Morgan fingerprint density at radius 3 is 2.80 bits per heavy atom. The van der Waals surface area contributed by atoms with Gasteiger partial charge in [-0.1, -0.05) is 5.16 Å². The van der Waals surface area contributed by atoms with E-state index >= 15 is 0 Å². The molecule has 0 radical (unpaired) electrons. The summed E-state index contributed by atoms with van der Waals surface area (Å²) in [5.74, 6) is 2.02. The van der Waals surface area contributed by atoms with Gasteiger partial charge in [0.15, 0.2) is 5.82 Å². The number of aryl methyl sites for hydroxylation is 2. The number of nitrogens with zero attached hydrogens (tertiary/aromatic N) is 5. The summed E-state index contributed by atoms with van der Waals surface area (Å²) < 4.78 is 6.76. The fourth-order valence-corrected chi connectivity index (χ4v) is 2.06. The number of hydrogen-bond acceptors (Lipinski definition) is 5. The first-order valence-corrected chi connectivity index (χ1v) is 6.52. The average molecular weight is 277 g/mol. The summed E-state index contributed by atoms with van der Waals surface area (Å²) in [6.45, 7) is 6.04. The average Bonchev–Trinajstić information content (AvgIpc) is 3.03. The highest BCUT2D eigenvalue weighted by molar-refractivity contribution is 5.79. The molecule has 20 heavy (non-hydrogen) atoms. The van der Waals surface area contributed by atoms with Crippen LogP contribution in [0, 0.1) is 13.8 Å². The molecule has 0 aromatic carbocycles. The number of carbonyl (C=O) groups is 1. The number of amides is 1. The van der Waals surface area contributed by atoms with Crippen LogP contribution in [0.3, 0.4) is 0 Å². The molecule has 2 aromatic heterocycles. The maximum absolute atomic E-state index is 12.3. The van der Waals surface area contributed by atoms with E-state index in [1.165, 1.54) is 0 Å². The van der Waals surface area contributed by atoms with Crippen molar-refractivity contribution >= 4 is 5.91 Å². The van der Waals surface area contributed by atoms with Gasteiger partial charge in [0.25, 0.3) is 0 Å². The number of likely N-dealkylation sites (N-methyl/N-ethyl adjacent to an activating group) is 1. The highest BCUT2D eigenvalue weighted by Crippen LogP contribution is 2.11. The zero-order chi connectivity index (χ0) is 14.7. The molecule has 7 nitrogen and oxygen atoms in total. The van der Waals surface area contributed by atoms with Gasteiger partial charge in [-0.2, -0.15) is 4.98 Å². The zero-order valence-electron chi connectivity index (χ0n) is 12.2. The van der Waals surface area contributed by atoms with Gasteiger partial charge in [0.2, 0.25) is 11.8 Å². The molecule has 1 unspecified atom stereocenters. The fourth-order valence-electron chi connectivity index (χ4n) is 2.06. The Labute approximate surface area is 117 Å². The number of hydrogen-bond donors (Lipinski definition) is 0. The molecule has 7 heteroatoms. The molecular formula is C13H19N5O2. The van der Waals surface area contributed by atoms with E-state index in [2.05, 4.69) is 15.1 Å². The molecular weight excluding hydrogens is 258 g/mol. The lowest BCUT2D eigenvalue weighted by atomic mass is 10.2. The zero-order valence-corrected chi connectivity index (χ0v) is 12.2. The lowest BCUT2D eigenvalue weighted by Gasteiger charge is -2.22. The van der Waals surface area contributed by atoms with E-state index in [9.17, 15) is 4.79 Å². The van der Waals surface area contributed by atoms with Crippen LogP contribution < -0.4 is 0 Å². The van der Waals surface area contributed by atoms with E-state index in [4.69, 9.17) is 4.52 Å². The number of carbonyl (C=O) groups excluding carboxylic acids is 1. The highest BCUT2D eigenvalue weighted by atomic mass is 16.5. The first kappa shape index (κ1) is 14.2. The van der Waals surface area contributed by atoms with E-state index in [-0.39, 0.29) is 11.9 Å². The van der Waals surface area contributed by atoms with Gasteiger partial charge in [-0.25, -0.2) is 4.98 Å². The van der Waals surface area contributed by atoms with Crippen LogP contribution in [0.15, 0.2) is 16.9 Å². The van der Waals surface area contributed by atoms with Crippen LogP contribution >= 0.6 is 0 Å². The van der Waals surface area contributed by atoms with Crippen LogP contribution in [-0.2, 0) is 11.2 Å². The lowest BCUT2D eigenvalue weighted by Crippen LogP contribution is -2.34. The molecule has 1 amide bonds. The third-order valence-electron chi connectivity index (χ3n) is 3.25. The summed E-state index contributed by atoms with van der Waals surface area (Å²) in [5, 5.41) is 3.82. The van der Waals surface area contributed by atoms with Crippen molar-refractivity contribution in [2.45, 2.75) is 33.2 Å². The normalized spacial score (nSPS) is 12.4. The third kappa shape index (κ3) is 3.04. The van der Waals surface area contributed by atoms with Crippen molar-refractivity contribution < 1.29 is 9.32 Å². The van der Waals surface area contributed by atoms with Crippen molar-refractivity contribution in [3.05, 3.63) is 29.9 Å².